The molecule has 1 fully saturated rings. The lowest BCUT2D eigenvalue weighted by atomic mass is 10.2. The second kappa shape index (κ2) is 6.88. The number of oxazole rings is 1. The van der Waals surface area contributed by atoms with Gasteiger partial charge in [0.15, 0.2) is 5.58 Å². The van der Waals surface area contributed by atoms with Crippen molar-refractivity contribution in [2.24, 2.45) is 0 Å². The highest BCUT2D eigenvalue weighted by molar-refractivity contribution is 5.75. The second-order valence-electron chi connectivity index (χ2n) is 6.68. The van der Waals surface area contributed by atoms with Crippen LogP contribution in [-0.2, 0) is 13.0 Å². The number of aryl methyl sites for hydroxylation is 2. The molecule has 0 saturated carbocycles. The summed E-state index contributed by atoms with van der Waals surface area (Å²) in [5.41, 5.74) is 4.35. The Bertz CT molecular complexity index is 844. The minimum Gasteiger partial charge on any atom is -0.423 e. The van der Waals surface area contributed by atoms with Crippen LogP contribution >= 0.6 is 0 Å². The van der Waals surface area contributed by atoms with E-state index in [0.29, 0.717) is 0 Å². The van der Waals surface area contributed by atoms with Crippen molar-refractivity contribution in [3.8, 4) is 0 Å². The molecule has 25 heavy (non-hydrogen) atoms. The van der Waals surface area contributed by atoms with Gasteiger partial charge in [0.1, 0.15) is 5.52 Å². The first kappa shape index (κ1) is 16.1. The van der Waals surface area contributed by atoms with Crippen LogP contribution in [0.4, 0.5) is 6.01 Å². The van der Waals surface area contributed by atoms with Crippen molar-refractivity contribution in [2.45, 2.75) is 26.8 Å². The molecule has 1 aromatic carbocycles. The van der Waals surface area contributed by atoms with Gasteiger partial charge in [0.05, 0.1) is 0 Å². The Hall–Kier alpha value is -2.34. The smallest absolute Gasteiger partial charge is 0.298 e. The number of rotatable bonds is 5. The third-order valence-corrected chi connectivity index (χ3v) is 4.96. The minimum absolute atomic E-state index is 0.754. The summed E-state index contributed by atoms with van der Waals surface area (Å²) in [6.45, 7) is 10.2. The fourth-order valence-corrected chi connectivity index (χ4v) is 3.45. The van der Waals surface area contributed by atoms with Gasteiger partial charge in [0.2, 0.25) is 0 Å². The summed E-state index contributed by atoms with van der Waals surface area (Å²) in [5.74, 6) is 0. The van der Waals surface area contributed by atoms with Crippen molar-refractivity contribution in [3.05, 3.63) is 41.7 Å². The van der Waals surface area contributed by atoms with E-state index < -0.39 is 0 Å². The van der Waals surface area contributed by atoms with Gasteiger partial charge in [-0.3, -0.25) is 9.58 Å². The molecular formula is C19H25N5O. The Balaban J connectivity index is 1.34. The highest BCUT2D eigenvalue weighted by atomic mass is 16.4. The number of benzene rings is 1. The summed E-state index contributed by atoms with van der Waals surface area (Å²) < 4.78 is 8.01. The molecule has 6 nitrogen and oxygen atoms in total. The normalized spacial score (nSPS) is 16.0. The molecule has 4 rings (SSSR count). The van der Waals surface area contributed by atoms with Crippen LogP contribution < -0.4 is 4.90 Å². The third kappa shape index (κ3) is 3.39. The number of hydrogen-bond donors (Lipinski definition) is 0. The zero-order valence-corrected chi connectivity index (χ0v) is 15.0. The molecule has 0 atom stereocenters. The van der Waals surface area contributed by atoms with Crippen molar-refractivity contribution in [2.75, 3.05) is 37.6 Å². The van der Waals surface area contributed by atoms with Gasteiger partial charge in [0, 0.05) is 57.6 Å². The van der Waals surface area contributed by atoms with E-state index in [0.717, 1.165) is 62.8 Å². The van der Waals surface area contributed by atoms with Crippen LogP contribution in [0.25, 0.3) is 11.1 Å². The summed E-state index contributed by atoms with van der Waals surface area (Å²) in [7, 11) is 0. The fourth-order valence-electron chi connectivity index (χ4n) is 3.45. The van der Waals surface area contributed by atoms with E-state index in [1.54, 1.807) is 0 Å². The van der Waals surface area contributed by atoms with Crippen LogP contribution in [-0.4, -0.2) is 52.4 Å². The maximum Gasteiger partial charge on any atom is 0.298 e. The van der Waals surface area contributed by atoms with E-state index in [2.05, 4.69) is 56.6 Å². The highest BCUT2D eigenvalue weighted by Gasteiger charge is 2.21. The van der Waals surface area contributed by atoms with Crippen LogP contribution in [0.1, 0.15) is 18.2 Å². The Labute approximate surface area is 148 Å². The van der Waals surface area contributed by atoms with Crippen LogP contribution in [0.5, 0.6) is 0 Å². The number of hydrogen-bond acceptors (Lipinski definition) is 5. The lowest BCUT2D eigenvalue weighted by molar-refractivity contribution is 0.254. The third-order valence-electron chi connectivity index (χ3n) is 4.96. The molecule has 1 saturated heterocycles. The van der Waals surface area contributed by atoms with Crippen LogP contribution in [0.2, 0.25) is 0 Å². The Morgan fingerprint density at radius 2 is 1.96 bits per heavy atom. The molecule has 1 aliphatic heterocycles. The highest BCUT2D eigenvalue weighted by Crippen LogP contribution is 2.23. The summed E-state index contributed by atoms with van der Waals surface area (Å²) >= 11 is 0. The van der Waals surface area contributed by atoms with Crippen LogP contribution in [0, 0.1) is 6.92 Å². The van der Waals surface area contributed by atoms with Gasteiger partial charge in [0.25, 0.3) is 6.01 Å². The molecule has 0 amide bonds. The number of aromatic nitrogens is 3. The largest absolute Gasteiger partial charge is 0.423 e. The van der Waals surface area contributed by atoms with Gasteiger partial charge in [-0.05, 0) is 37.6 Å². The topological polar surface area (TPSA) is 50.3 Å². The maximum atomic E-state index is 5.93. The van der Waals surface area contributed by atoms with Crippen molar-refractivity contribution in [3.63, 3.8) is 0 Å². The molecule has 0 unspecified atom stereocenters. The average molecular weight is 339 g/mol. The van der Waals surface area contributed by atoms with E-state index >= 15 is 0 Å². The van der Waals surface area contributed by atoms with Gasteiger partial charge in [-0.1, -0.05) is 6.07 Å². The van der Waals surface area contributed by atoms with Gasteiger partial charge in [-0.2, -0.15) is 10.1 Å². The number of fused-ring (bicyclic) bond motifs is 1. The lowest BCUT2D eigenvalue weighted by Crippen LogP contribution is -2.47. The number of piperazine rings is 1. The van der Waals surface area contributed by atoms with E-state index in [4.69, 9.17) is 4.42 Å². The maximum absolute atomic E-state index is 5.93. The molecule has 1 aliphatic rings. The molecule has 3 heterocycles. The molecule has 0 N–H and O–H groups in total. The number of anilines is 1. The van der Waals surface area contributed by atoms with Crippen LogP contribution in [0.3, 0.4) is 0 Å². The predicted octanol–water partition coefficient (Wildman–Crippen LogP) is 2.72. The summed E-state index contributed by atoms with van der Waals surface area (Å²) in [6.07, 6.45) is 2.95. The molecule has 6 heteroatoms. The van der Waals surface area contributed by atoms with E-state index in [9.17, 15) is 0 Å². The molecule has 0 radical (unpaired) electrons. The predicted molar refractivity (Wildman–Crippen MR) is 99.0 cm³/mol. The van der Waals surface area contributed by atoms with Crippen molar-refractivity contribution in [1.29, 1.82) is 0 Å². The van der Waals surface area contributed by atoms with Crippen LogP contribution in [0.15, 0.2) is 34.9 Å². The molecule has 2 aromatic heterocycles. The Kier molecular flexibility index (Phi) is 4.44. The van der Waals surface area contributed by atoms with Gasteiger partial charge >= 0.3 is 0 Å². The van der Waals surface area contributed by atoms with Gasteiger partial charge in [-0.25, -0.2) is 0 Å². The van der Waals surface area contributed by atoms with Crippen molar-refractivity contribution >= 4 is 17.1 Å². The molecular weight excluding hydrogens is 314 g/mol. The first-order valence-electron chi connectivity index (χ1n) is 9.08. The molecule has 3 aromatic rings. The summed E-state index contributed by atoms with van der Waals surface area (Å²) in [5, 5.41) is 4.35. The quantitative estimate of drug-likeness (QED) is 0.715. The van der Waals surface area contributed by atoms with E-state index in [1.165, 1.54) is 11.3 Å². The molecule has 132 valence electrons. The standard InChI is InChI=1S/C19H25N5O/c1-3-24-16(6-8-20-24)7-9-22-10-12-23(13-11-22)19-21-17-14-15(2)4-5-18(17)25-19/h4-6,8,14H,3,7,9-13H2,1-2H3. The zero-order chi connectivity index (χ0) is 17.2. The lowest BCUT2D eigenvalue weighted by Gasteiger charge is -2.33. The van der Waals surface area contributed by atoms with Crippen molar-refractivity contribution in [1.82, 2.24) is 19.7 Å². The SMILES string of the molecule is CCn1nccc1CCN1CCN(c2nc3cc(C)ccc3o2)CC1. The second-order valence-corrected chi connectivity index (χ2v) is 6.68. The molecule has 0 spiro atoms. The molecule has 0 aliphatic carbocycles. The average Bonchev–Trinajstić information content (AvgIpc) is 3.26. The first-order chi connectivity index (χ1) is 12.2. The van der Waals surface area contributed by atoms with Gasteiger partial charge < -0.3 is 9.32 Å². The summed E-state index contributed by atoms with van der Waals surface area (Å²) in [4.78, 5) is 9.42. The minimum atomic E-state index is 0.754. The molecule has 0 bridgehead atoms. The van der Waals surface area contributed by atoms with Crippen molar-refractivity contribution < 1.29 is 4.42 Å². The van der Waals surface area contributed by atoms with Gasteiger partial charge in [-0.15, -0.1) is 0 Å². The monoisotopic (exact) mass is 339 g/mol. The summed E-state index contributed by atoms with van der Waals surface area (Å²) in [6, 6.07) is 9.03. The van der Waals surface area contributed by atoms with E-state index in [-0.39, 0.29) is 0 Å². The van der Waals surface area contributed by atoms with E-state index in [1.807, 2.05) is 12.3 Å². The first-order valence-corrected chi connectivity index (χ1v) is 9.08. The zero-order valence-electron chi connectivity index (χ0n) is 15.0. The fraction of sp³-hybridized carbons (Fsp3) is 0.474. The Morgan fingerprint density at radius 1 is 1.12 bits per heavy atom. The number of nitrogens with zero attached hydrogens (tertiary/aromatic N) is 5. The Morgan fingerprint density at radius 3 is 2.76 bits per heavy atom.